The Kier molecular flexibility index (Phi) is 4.12. The van der Waals surface area contributed by atoms with E-state index >= 15 is 0 Å². The summed E-state index contributed by atoms with van der Waals surface area (Å²) >= 11 is 7.75. The third-order valence-electron chi connectivity index (χ3n) is 4.13. The van der Waals surface area contributed by atoms with Crippen molar-refractivity contribution in [1.29, 1.82) is 0 Å². The maximum atomic E-state index is 12.4. The fraction of sp³-hybridized carbons (Fsp3) is 0.222. The molecule has 2 aromatic carbocycles. The first-order valence-electron chi connectivity index (χ1n) is 7.92. The lowest BCUT2D eigenvalue weighted by Crippen LogP contribution is -2.16. The van der Waals surface area contributed by atoms with E-state index in [9.17, 15) is 4.79 Å². The van der Waals surface area contributed by atoms with Gasteiger partial charge in [0.1, 0.15) is 0 Å². The second-order valence-electron chi connectivity index (χ2n) is 5.81. The summed E-state index contributed by atoms with van der Waals surface area (Å²) in [5.41, 5.74) is 2.20. The molecule has 1 amide bonds. The lowest BCUT2D eigenvalue weighted by atomic mass is 10.2. The van der Waals surface area contributed by atoms with Gasteiger partial charge in [-0.25, -0.2) is 4.98 Å². The first-order valence-corrected chi connectivity index (χ1v) is 9.11. The highest BCUT2D eigenvalue weighted by molar-refractivity contribution is 7.22. The number of amides is 1. The van der Waals surface area contributed by atoms with Crippen molar-refractivity contribution in [3.63, 3.8) is 0 Å². The summed E-state index contributed by atoms with van der Waals surface area (Å²) in [5, 5.41) is 4.43. The van der Waals surface area contributed by atoms with Gasteiger partial charge in [-0.3, -0.25) is 4.79 Å². The maximum absolute atomic E-state index is 12.4. The zero-order valence-electron chi connectivity index (χ0n) is 13.0. The van der Waals surface area contributed by atoms with Gasteiger partial charge in [-0.1, -0.05) is 35.1 Å². The molecule has 1 aromatic heterocycles. The molecule has 4 nitrogen and oxygen atoms in total. The van der Waals surface area contributed by atoms with Crippen LogP contribution in [-0.4, -0.2) is 24.0 Å². The van der Waals surface area contributed by atoms with Crippen LogP contribution in [0, 0.1) is 0 Å². The molecular weight excluding hydrogens is 342 g/mol. The van der Waals surface area contributed by atoms with Crippen LogP contribution in [0.5, 0.6) is 0 Å². The zero-order valence-corrected chi connectivity index (χ0v) is 14.5. The predicted molar refractivity (Wildman–Crippen MR) is 100 cm³/mol. The highest BCUT2D eigenvalue weighted by Gasteiger charge is 2.17. The number of halogens is 1. The minimum absolute atomic E-state index is 0.204. The largest absolute Gasteiger partial charge is 0.348 e. The quantitative estimate of drug-likeness (QED) is 0.732. The molecule has 3 aromatic rings. The second kappa shape index (κ2) is 6.42. The van der Waals surface area contributed by atoms with Crippen molar-refractivity contribution in [2.24, 2.45) is 0 Å². The smallest absolute Gasteiger partial charge is 0.257 e. The number of anilines is 2. The van der Waals surface area contributed by atoms with Crippen LogP contribution in [-0.2, 0) is 0 Å². The van der Waals surface area contributed by atoms with E-state index in [1.54, 1.807) is 29.5 Å². The number of rotatable bonds is 3. The van der Waals surface area contributed by atoms with Crippen LogP contribution < -0.4 is 10.2 Å². The summed E-state index contributed by atoms with van der Waals surface area (Å²) in [6.07, 6.45) is 2.46. The van der Waals surface area contributed by atoms with Crippen molar-refractivity contribution in [2.75, 3.05) is 23.3 Å². The Morgan fingerprint density at radius 2 is 1.96 bits per heavy atom. The van der Waals surface area contributed by atoms with Gasteiger partial charge in [-0.05, 0) is 43.2 Å². The van der Waals surface area contributed by atoms with Gasteiger partial charge >= 0.3 is 0 Å². The molecule has 0 spiro atoms. The number of thiazole rings is 1. The van der Waals surface area contributed by atoms with Crippen molar-refractivity contribution in [3.05, 3.63) is 53.1 Å². The van der Waals surface area contributed by atoms with Crippen molar-refractivity contribution in [2.45, 2.75) is 12.8 Å². The number of hydrogen-bond donors (Lipinski definition) is 1. The number of carbonyl (C=O) groups is 1. The van der Waals surface area contributed by atoms with Crippen molar-refractivity contribution in [1.82, 2.24) is 4.98 Å². The van der Waals surface area contributed by atoms with Crippen LogP contribution in [0.3, 0.4) is 0 Å². The fourth-order valence-electron chi connectivity index (χ4n) is 2.88. The van der Waals surface area contributed by atoms with Crippen LogP contribution in [0.25, 0.3) is 10.2 Å². The third-order valence-corrected chi connectivity index (χ3v) is 5.54. The number of aromatic nitrogens is 1. The van der Waals surface area contributed by atoms with Crippen LogP contribution in [0.1, 0.15) is 23.2 Å². The van der Waals surface area contributed by atoms with Crippen LogP contribution in [0.15, 0.2) is 42.5 Å². The molecular formula is C18H16ClN3OS. The molecule has 0 aliphatic carbocycles. The molecule has 122 valence electrons. The molecule has 1 aliphatic heterocycles. The molecule has 24 heavy (non-hydrogen) atoms. The SMILES string of the molecule is O=C(Nc1ccc2nc(N3CCCC3)sc2c1)c1ccccc1Cl. The number of carbonyl (C=O) groups excluding carboxylic acids is 1. The lowest BCUT2D eigenvalue weighted by molar-refractivity contribution is 0.102. The summed E-state index contributed by atoms with van der Waals surface area (Å²) in [6.45, 7) is 2.16. The summed E-state index contributed by atoms with van der Waals surface area (Å²) in [7, 11) is 0. The first-order chi connectivity index (χ1) is 11.7. The number of nitrogens with zero attached hydrogens (tertiary/aromatic N) is 2. The number of hydrogen-bond acceptors (Lipinski definition) is 4. The maximum Gasteiger partial charge on any atom is 0.257 e. The Bertz CT molecular complexity index is 902. The van der Waals surface area contributed by atoms with Gasteiger partial charge in [0.15, 0.2) is 5.13 Å². The van der Waals surface area contributed by atoms with Gasteiger partial charge in [0.05, 0.1) is 20.8 Å². The molecule has 1 N–H and O–H groups in total. The average molecular weight is 358 g/mol. The van der Waals surface area contributed by atoms with E-state index in [-0.39, 0.29) is 5.91 Å². The van der Waals surface area contributed by atoms with Gasteiger partial charge in [0.25, 0.3) is 5.91 Å². The second-order valence-corrected chi connectivity index (χ2v) is 7.22. The standard InChI is InChI=1S/C18H16ClN3OS/c19-14-6-2-1-5-13(14)17(23)20-12-7-8-15-16(11-12)24-18(21-15)22-9-3-4-10-22/h1-2,5-8,11H,3-4,9-10H2,(H,20,23). The number of benzene rings is 2. The van der Waals surface area contributed by atoms with Crippen LogP contribution in [0.4, 0.5) is 10.8 Å². The summed E-state index contributed by atoms with van der Waals surface area (Å²) in [5.74, 6) is -0.204. The van der Waals surface area contributed by atoms with Gasteiger partial charge in [-0.2, -0.15) is 0 Å². The summed E-state index contributed by atoms with van der Waals surface area (Å²) in [4.78, 5) is 19.4. The van der Waals surface area contributed by atoms with E-state index in [2.05, 4.69) is 10.2 Å². The topological polar surface area (TPSA) is 45.2 Å². The van der Waals surface area contributed by atoms with E-state index in [4.69, 9.17) is 16.6 Å². The molecule has 0 unspecified atom stereocenters. The molecule has 1 aliphatic rings. The van der Waals surface area contributed by atoms with Crippen LogP contribution in [0.2, 0.25) is 5.02 Å². The Labute approximate surface area is 149 Å². The Morgan fingerprint density at radius 1 is 1.17 bits per heavy atom. The Balaban J connectivity index is 1.58. The van der Waals surface area contributed by atoms with Crippen molar-refractivity contribution < 1.29 is 4.79 Å². The van der Waals surface area contributed by atoms with E-state index in [0.29, 0.717) is 10.6 Å². The van der Waals surface area contributed by atoms with Crippen molar-refractivity contribution in [3.8, 4) is 0 Å². The average Bonchev–Trinajstić information content (AvgIpc) is 3.24. The molecule has 0 radical (unpaired) electrons. The molecule has 6 heteroatoms. The normalized spacial score (nSPS) is 14.3. The first kappa shape index (κ1) is 15.4. The molecule has 1 fully saturated rings. The lowest BCUT2D eigenvalue weighted by Gasteiger charge is -2.11. The monoisotopic (exact) mass is 357 g/mol. The minimum atomic E-state index is -0.204. The summed E-state index contributed by atoms with van der Waals surface area (Å²) in [6, 6.07) is 12.8. The summed E-state index contributed by atoms with van der Waals surface area (Å²) < 4.78 is 1.08. The molecule has 1 saturated heterocycles. The van der Waals surface area contributed by atoms with E-state index in [1.165, 1.54) is 12.8 Å². The molecule has 0 bridgehead atoms. The van der Waals surface area contributed by atoms with Gasteiger partial charge < -0.3 is 10.2 Å². The van der Waals surface area contributed by atoms with Gasteiger partial charge in [-0.15, -0.1) is 0 Å². The highest BCUT2D eigenvalue weighted by Crippen LogP contribution is 2.32. The molecule has 4 rings (SSSR count). The van der Waals surface area contributed by atoms with E-state index < -0.39 is 0 Å². The Hall–Kier alpha value is -2.11. The third kappa shape index (κ3) is 2.97. The van der Waals surface area contributed by atoms with Crippen molar-refractivity contribution >= 4 is 49.9 Å². The molecule has 2 heterocycles. The van der Waals surface area contributed by atoms with Gasteiger partial charge in [0, 0.05) is 18.8 Å². The van der Waals surface area contributed by atoms with E-state index in [1.807, 2.05) is 24.3 Å². The van der Waals surface area contributed by atoms with Crippen LogP contribution >= 0.6 is 22.9 Å². The predicted octanol–water partition coefficient (Wildman–Crippen LogP) is 4.80. The van der Waals surface area contributed by atoms with E-state index in [0.717, 1.165) is 34.1 Å². The fourth-order valence-corrected chi connectivity index (χ4v) is 4.16. The molecule has 0 atom stereocenters. The van der Waals surface area contributed by atoms with Gasteiger partial charge in [0.2, 0.25) is 0 Å². The minimum Gasteiger partial charge on any atom is -0.348 e. The molecule has 0 saturated carbocycles. The highest BCUT2D eigenvalue weighted by atomic mass is 35.5. The number of fused-ring (bicyclic) bond motifs is 1. The Morgan fingerprint density at radius 3 is 2.75 bits per heavy atom. The number of nitrogens with one attached hydrogen (secondary N) is 1. The zero-order chi connectivity index (χ0) is 16.5.